The maximum Gasteiger partial charge on any atom is 0.0783 e. The highest BCUT2D eigenvalue weighted by Gasteiger charge is 2.49. The summed E-state index contributed by atoms with van der Waals surface area (Å²) in [6.45, 7) is 0.907. The van der Waals surface area contributed by atoms with Crippen LogP contribution in [0.2, 0.25) is 0 Å². The fourth-order valence-corrected chi connectivity index (χ4v) is 3.66. The molecule has 86 valence electrons. The summed E-state index contributed by atoms with van der Waals surface area (Å²) in [7, 11) is 0. The molecule has 0 aromatic carbocycles. The van der Waals surface area contributed by atoms with Crippen LogP contribution in [0, 0.1) is 11.8 Å². The van der Waals surface area contributed by atoms with Crippen LogP contribution in [0.5, 0.6) is 0 Å². The van der Waals surface area contributed by atoms with E-state index >= 15 is 0 Å². The van der Waals surface area contributed by atoms with E-state index in [2.05, 4.69) is 0 Å². The number of rotatable bonds is 3. The molecule has 2 aliphatic carbocycles. The summed E-state index contributed by atoms with van der Waals surface area (Å²) < 4.78 is 5.88. The second-order valence-corrected chi connectivity index (χ2v) is 5.97. The van der Waals surface area contributed by atoms with E-state index in [9.17, 15) is 0 Å². The molecule has 3 fully saturated rings. The fraction of sp³-hybridized carbons (Fsp3) is 1.00. The van der Waals surface area contributed by atoms with Gasteiger partial charge in [-0.15, -0.1) is 0 Å². The summed E-state index contributed by atoms with van der Waals surface area (Å²) in [4.78, 5) is 0. The summed E-state index contributed by atoms with van der Waals surface area (Å²) in [5.74, 6) is 1.71. The van der Waals surface area contributed by atoms with Gasteiger partial charge in [0, 0.05) is 12.1 Å². The highest BCUT2D eigenvalue weighted by Crippen LogP contribution is 2.46. The zero-order valence-corrected chi connectivity index (χ0v) is 9.58. The van der Waals surface area contributed by atoms with Gasteiger partial charge in [0.15, 0.2) is 0 Å². The first-order valence-corrected chi connectivity index (χ1v) is 6.68. The van der Waals surface area contributed by atoms with Crippen LogP contribution in [0.1, 0.15) is 51.4 Å². The van der Waals surface area contributed by atoms with E-state index in [1.807, 2.05) is 0 Å². The minimum absolute atomic E-state index is 0.0379. The topological polar surface area (TPSA) is 35.2 Å². The Morgan fingerprint density at radius 2 is 1.87 bits per heavy atom. The van der Waals surface area contributed by atoms with Crippen molar-refractivity contribution in [2.75, 3.05) is 6.61 Å². The van der Waals surface area contributed by atoms with Crippen molar-refractivity contribution >= 4 is 0 Å². The molecule has 3 rings (SSSR count). The maximum absolute atomic E-state index is 6.60. The van der Waals surface area contributed by atoms with Crippen molar-refractivity contribution in [1.82, 2.24) is 0 Å². The molecule has 0 bridgehead atoms. The van der Waals surface area contributed by atoms with Crippen molar-refractivity contribution in [3.8, 4) is 0 Å². The smallest absolute Gasteiger partial charge is 0.0783 e. The third-order valence-corrected chi connectivity index (χ3v) is 4.63. The Hall–Kier alpha value is -0.0800. The van der Waals surface area contributed by atoms with Crippen LogP contribution >= 0.6 is 0 Å². The lowest BCUT2D eigenvalue weighted by molar-refractivity contribution is 0.0553. The summed E-state index contributed by atoms with van der Waals surface area (Å²) in [5.41, 5.74) is 6.64. The summed E-state index contributed by atoms with van der Waals surface area (Å²) in [6, 6.07) is 0. The van der Waals surface area contributed by atoms with E-state index in [0.29, 0.717) is 6.10 Å². The molecular formula is C13H23NO. The minimum Gasteiger partial charge on any atom is -0.376 e. The van der Waals surface area contributed by atoms with Crippen LogP contribution in [0.15, 0.2) is 0 Å². The Kier molecular flexibility index (Phi) is 2.52. The normalized spacial score (nSPS) is 42.6. The molecule has 2 saturated carbocycles. The van der Waals surface area contributed by atoms with Gasteiger partial charge in [0.05, 0.1) is 6.10 Å². The van der Waals surface area contributed by atoms with Gasteiger partial charge in [-0.2, -0.15) is 0 Å². The van der Waals surface area contributed by atoms with Crippen molar-refractivity contribution in [1.29, 1.82) is 0 Å². The summed E-state index contributed by atoms with van der Waals surface area (Å²) in [5, 5.41) is 0. The van der Waals surface area contributed by atoms with E-state index in [0.717, 1.165) is 24.9 Å². The van der Waals surface area contributed by atoms with E-state index in [-0.39, 0.29) is 5.54 Å². The average molecular weight is 209 g/mol. The van der Waals surface area contributed by atoms with Crippen molar-refractivity contribution in [3.63, 3.8) is 0 Å². The van der Waals surface area contributed by atoms with Crippen molar-refractivity contribution in [2.24, 2.45) is 17.6 Å². The molecular weight excluding hydrogens is 186 g/mol. The summed E-state index contributed by atoms with van der Waals surface area (Å²) in [6.07, 6.45) is 11.1. The predicted octanol–water partition coefficient (Wildman–Crippen LogP) is 2.46. The molecule has 0 aromatic heterocycles. The van der Waals surface area contributed by atoms with Gasteiger partial charge in [0.2, 0.25) is 0 Å². The molecule has 1 saturated heterocycles. The zero-order chi connectivity index (χ0) is 10.3. The highest BCUT2D eigenvalue weighted by atomic mass is 16.5. The predicted molar refractivity (Wildman–Crippen MR) is 60.6 cm³/mol. The van der Waals surface area contributed by atoms with Gasteiger partial charge in [0.1, 0.15) is 0 Å². The Labute approximate surface area is 92.6 Å². The van der Waals surface area contributed by atoms with Gasteiger partial charge in [0.25, 0.3) is 0 Å². The molecule has 3 aliphatic rings. The number of hydrogen-bond acceptors (Lipinski definition) is 2. The SMILES string of the molecule is NC1(CC2CCCC2)CCOC1C1CC1. The van der Waals surface area contributed by atoms with Crippen molar-refractivity contribution in [2.45, 2.75) is 63.0 Å². The second-order valence-electron chi connectivity index (χ2n) is 5.97. The quantitative estimate of drug-likeness (QED) is 0.775. The molecule has 0 spiro atoms. The minimum atomic E-state index is 0.0379. The summed E-state index contributed by atoms with van der Waals surface area (Å²) >= 11 is 0. The molecule has 2 N–H and O–H groups in total. The first-order chi connectivity index (χ1) is 7.28. The largest absolute Gasteiger partial charge is 0.376 e. The van der Waals surface area contributed by atoms with Crippen molar-refractivity contribution in [3.05, 3.63) is 0 Å². The third-order valence-electron chi connectivity index (χ3n) is 4.63. The molecule has 0 radical (unpaired) electrons. The average Bonchev–Trinajstić information content (AvgIpc) is 2.79. The number of hydrogen-bond donors (Lipinski definition) is 1. The molecule has 2 heteroatoms. The fourth-order valence-electron chi connectivity index (χ4n) is 3.66. The molecule has 15 heavy (non-hydrogen) atoms. The van der Waals surface area contributed by atoms with E-state index < -0.39 is 0 Å². The first-order valence-electron chi connectivity index (χ1n) is 6.68. The van der Waals surface area contributed by atoms with Crippen LogP contribution in [-0.2, 0) is 4.74 Å². The Bertz CT molecular complexity index is 233. The molecule has 2 nitrogen and oxygen atoms in total. The van der Waals surface area contributed by atoms with Gasteiger partial charge >= 0.3 is 0 Å². The molecule has 1 aliphatic heterocycles. The Morgan fingerprint density at radius 1 is 1.13 bits per heavy atom. The standard InChI is InChI=1S/C13H23NO/c14-13(9-10-3-1-2-4-10)7-8-15-12(13)11-5-6-11/h10-12H,1-9,14H2. The molecule has 2 atom stereocenters. The van der Waals surface area contributed by atoms with Crippen molar-refractivity contribution < 1.29 is 4.74 Å². The number of nitrogens with two attached hydrogens (primary N) is 1. The lowest BCUT2D eigenvalue weighted by Crippen LogP contribution is -2.49. The van der Waals surface area contributed by atoms with E-state index in [4.69, 9.17) is 10.5 Å². The number of ether oxygens (including phenoxy) is 1. The van der Waals surface area contributed by atoms with Gasteiger partial charge in [-0.25, -0.2) is 0 Å². The van der Waals surface area contributed by atoms with Crippen LogP contribution in [0.3, 0.4) is 0 Å². The van der Waals surface area contributed by atoms with E-state index in [1.54, 1.807) is 0 Å². The monoisotopic (exact) mass is 209 g/mol. The second kappa shape index (κ2) is 3.74. The highest BCUT2D eigenvalue weighted by molar-refractivity contribution is 5.04. The first kappa shape index (κ1) is 10.1. The Morgan fingerprint density at radius 3 is 2.53 bits per heavy atom. The molecule has 1 heterocycles. The van der Waals surface area contributed by atoms with Gasteiger partial charge in [-0.3, -0.25) is 0 Å². The lowest BCUT2D eigenvalue weighted by atomic mass is 9.80. The van der Waals surface area contributed by atoms with Crippen LogP contribution < -0.4 is 5.73 Å². The van der Waals surface area contributed by atoms with Crippen LogP contribution in [0.4, 0.5) is 0 Å². The van der Waals surface area contributed by atoms with Gasteiger partial charge < -0.3 is 10.5 Å². The Balaban J connectivity index is 1.65. The lowest BCUT2D eigenvalue weighted by Gasteiger charge is -2.32. The third kappa shape index (κ3) is 1.94. The zero-order valence-electron chi connectivity index (χ0n) is 9.58. The van der Waals surface area contributed by atoms with E-state index in [1.165, 1.54) is 44.9 Å². The van der Waals surface area contributed by atoms with Gasteiger partial charge in [-0.05, 0) is 37.5 Å². The van der Waals surface area contributed by atoms with Crippen LogP contribution in [0.25, 0.3) is 0 Å². The van der Waals surface area contributed by atoms with Crippen LogP contribution in [-0.4, -0.2) is 18.2 Å². The maximum atomic E-state index is 6.60. The molecule has 0 amide bonds. The molecule has 2 unspecified atom stereocenters. The molecule has 0 aromatic rings. The van der Waals surface area contributed by atoms with Gasteiger partial charge in [-0.1, -0.05) is 25.7 Å².